The van der Waals surface area contributed by atoms with Crippen molar-refractivity contribution in [3.63, 3.8) is 0 Å². The summed E-state index contributed by atoms with van der Waals surface area (Å²) in [5.41, 5.74) is 0.630. The van der Waals surface area contributed by atoms with Gasteiger partial charge >= 0.3 is 0 Å². The summed E-state index contributed by atoms with van der Waals surface area (Å²) in [7, 11) is 0. The van der Waals surface area contributed by atoms with Gasteiger partial charge in [0.2, 0.25) is 5.88 Å². The predicted octanol–water partition coefficient (Wildman–Crippen LogP) is 2.61. The summed E-state index contributed by atoms with van der Waals surface area (Å²) in [5.74, 6) is -0.619. The van der Waals surface area contributed by atoms with Gasteiger partial charge in [-0.05, 0) is 25.0 Å². The Labute approximate surface area is 132 Å². The van der Waals surface area contributed by atoms with Gasteiger partial charge in [-0.3, -0.25) is 10.1 Å². The fraction of sp³-hybridized carbons (Fsp3) is 0.375. The third-order valence-electron chi connectivity index (χ3n) is 3.48. The molecule has 0 unspecified atom stereocenters. The fourth-order valence-electron chi connectivity index (χ4n) is 2.36. The van der Waals surface area contributed by atoms with E-state index in [-0.39, 0.29) is 24.5 Å². The van der Waals surface area contributed by atoms with Crippen LogP contribution in [0.25, 0.3) is 11.3 Å². The molecule has 6 nitrogen and oxygen atoms in total. The number of aromatic nitrogens is 1. The van der Waals surface area contributed by atoms with Crippen molar-refractivity contribution < 1.29 is 23.2 Å². The third-order valence-corrected chi connectivity index (χ3v) is 3.48. The molecule has 122 valence electrons. The molecule has 1 fully saturated rings. The average Bonchev–Trinajstić information content (AvgIpc) is 3.20. The molecular weight excluding hydrogens is 303 g/mol. The lowest BCUT2D eigenvalue weighted by atomic mass is 10.1. The molecule has 1 N–H and O–H groups in total. The summed E-state index contributed by atoms with van der Waals surface area (Å²) < 4.78 is 29.4. The smallest absolute Gasteiger partial charge is 0.252 e. The second-order valence-corrected chi connectivity index (χ2v) is 5.25. The first-order valence-corrected chi connectivity index (χ1v) is 7.43. The maximum Gasteiger partial charge on any atom is 0.252 e. The molecule has 23 heavy (non-hydrogen) atoms. The summed E-state index contributed by atoms with van der Waals surface area (Å²) in [6, 6.07) is 7.68. The molecule has 1 atom stereocenters. The normalized spacial score (nSPS) is 17.3. The lowest BCUT2D eigenvalue weighted by Gasteiger charge is -2.09. The molecule has 1 amide bonds. The maximum atomic E-state index is 13.7. The van der Waals surface area contributed by atoms with E-state index in [1.54, 1.807) is 18.2 Å². The van der Waals surface area contributed by atoms with Crippen LogP contribution in [0.2, 0.25) is 0 Å². The SMILES string of the molecule is O=C(COC[C@H]1CCCO1)Nc1cc(-c2ccccc2F)no1. The number of nitrogens with zero attached hydrogens (tertiary/aromatic N) is 1. The van der Waals surface area contributed by atoms with Gasteiger partial charge in [-0.25, -0.2) is 4.39 Å². The van der Waals surface area contributed by atoms with Crippen molar-refractivity contribution in [1.82, 2.24) is 5.16 Å². The molecule has 1 aliphatic heterocycles. The number of hydrogen-bond acceptors (Lipinski definition) is 5. The van der Waals surface area contributed by atoms with Crippen molar-refractivity contribution in [2.75, 3.05) is 25.1 Å². The van der Waals surface area contributed by atoms with Gasteiger partial charge in [0.15, 0.2) is 0 Å². The maximum absolute atomic E-state index is 13.7. The molecule has 0 aliphatic carbocycles. The van der Waals surface area contributed by atoms with Gasteiger partial charge in [-0.15, -0.1) is 0 Å². The lowest BCUT2D eigenvalue weighted by molar-refractivity contribution is -0.121. The Morgan fingerprint density at radius 2 is 2.30 bits per heavy atom. The molecule has 1 saturated heterocycles. The Bertz CT molecular complexity index is 668. The number of carbonyl (C=O) groups excluding carboxylic acids is 1. The highest BCUT2D eigenvalue weighted by Gasteiger charge is 2.16. The Kier molecular flexibility index (Phi) is 4.99. The van der Waals surface area contributed by atoms with Crippen molar-refractivity contribution in [1.29, 1.82) is 0 Å². The van der Waals surface area contributed by atoms with Crippen LogP contribution in [0.4, 0.5) is 10.3 Å². The van der Waals surface area contributed by atoms with E-state index in [4.69, 9.17) is 14.0 Å². The molecule has 2 heterocycles. The first-order valence-electron chi connectivity index (χ1n) is 7.43. The van der Waals surface area contributed by atoms with E-state index in [0.29, 0.717) is 17.9 Å². The largest absolute Gasteiger partial charge is 0.376 e. The minimum Gasteiger partial charge on any atom is -0.376 e. The number of nitrogens with one attached hydrogen (secondary N) is 1. The van der Waals surface area contributed by atoms with Gasteiger partial charge in [-0.2, -0.15) is 0 Å². The van der Waals surface area contributed by atoms with Gasteiger partial charge < -0.3 is 14.0 Å². The minimum atomic E-state index is -0.404. The molecule has 1 aromatic carbocycles. The Morgan fingerprint density at radius 1 is 1.43 bits per heavy atom. The molecule has 0 bridgehead atoms. The number of hydrogen-bond donors (Lipinski definition) is 1. The second-order valence-electron chi connectivity index (χ2n) is 5.25. The zero-order valence-electron chi connectivity index (χ0n) is 12.5. The van der Waals surface area contributed by atoms with Crippen LogP contribution in [0, 0.1) is 5.82 Å². The van der Waals surface area contributed by atoms with E-state index >= 15 is 0 Å². The molecule has 0 saturated carbocycles. The van der Waals surface area contributed by atoms with Gasteiger partial charge in [0.25, 0.3) is 5.91 Å². The Morgan fingerprint density at radius 3 is 3.09 bits per heavy atom. The molecule has 1 aromatic heterocycles. The van der Waals surface area contributed by atoms with Crippen LogP contribution in [0.15, 0.2) is 34.9 Å². The third kappa shape index (κ3) is 4.14. The number of rotatable bonds is 6. The van der Waals surface area contributed by atoms with Crippen LogP contribution < -0.4 is 5.32 Å². The van der Waals surface area contributed by atoms with Crippen molar-refractivity contribution in [2.45, 2.75) is 18.9 Å². The minimum absolute atomic E-state index is 0.0701. The molecule has 7 heteroatoms. The van der Waals surface area contributed by atoms with Crippen molar-refractivity contribution >= 4 is 11.8 Å². The Balaban J connectivity index is 1.50. The van der Waals surface area contributed by atoms with Crippen LogP contribution in [0.1, 0.15) is 12.8 Å². The highest BCUT2D eigenvalue weighted by atomic mass is 19.1. The Hall–Kier alpha value is -2.25. The zero-order valence-corrected chi connectivity index (χ0v) is 12.5. The fourth-order valence-corrected chi connectivity index (χ4v) is 2.36. The molecule has 1 aliphatic rings. The van der Waals surface area contributed by atoms with Gasteiger partial charge in [0, 0.05) is 18.2 Å². The monoisotopic (exact) mass is 320 g/mol. The van der Waals surface area contributed by atoms with E-state index < -0.39 is 5.82 Å². The number of amides is 1. The molecule has 3 rings (SSSR count). The van der Waals surface area contributed by atoms with E-state index in [9.17, 15) is 9.18 Å². The number of anilines is 1. The van der Waals surface area contributed by atoms with Crippen LogP contribution in [0.3, 0.4) is 0 Å². The molecule has 0 radical (unpaired) electrons. The molecule has 0 spiro atoms. The highest BCUT2D eigenvalue weighted by molar-refractivity contribution is 5.90. The van der Waals surface area contributed by atoms with E-state index in [1.165, 1.54) is 12.1 Å². The topological polar surface area (TPSA) is 73.6 Å². The van der Waals surface area contributed by atoms with Crippen LogP contribution in [-0.4, -0.2) is 37.0 Å². The first-order chi connectivity index (χ1) is 11.2. The van der Waals surface area contributed by atoms with Crippen LogP contribution in [-0.2, 0) is 14.3 Å². The predicted molar refractivity (Wildman–Crippen MR) is 80.3 cm³/mol. The number of carbonyl (C=O) groups is 1. The van der Waals surface area contributed by atoms with Gasteiger partial charge in [0.1, 0.15) is 18.1 Å². The van der Waals surface area contributed by atoms with Crippen LogP contribution >= 0.6 is 0 Å². The zero-order chi connectivity index (χ0) is 16.1. The van der Waals surface area contributed by atoms with Crippen molar-refractivity contribution in [3.8, 4) is 11.3 Å². The average molecular weight is 320 g/mol. The summed E-state index contributed by atoms with van der Waals surface area (Å²) in [5, 5.41) is 6.27. The van der Waals surface area contributed by atoms with E-state index in [0.717, 1.165) is 19.4 Å². The number of benzene rings is 1. The molecular formula is C16H17FN2O4. The van der Waals surface area contributed by atoms with Gasteiger partial charge in [0.05, 0.1) is 12.7 Å². The van der Waals surface area contributed by atoms with E-state index in [2.05, 4.69) is 10.5 Å². The summed E-state index contributed by atoms with van der Waals surface area (Å²) in [6.45, 7) is 1.04. The number of halogens is 1. The lowest BCUT2D eigenvalue weighted by Crippen LogP contribution is -2.22. The summed E-state index contributed by atoms with van der Waals surface area (Å²) >= 11 is 0. The number of ether oxygens (including phenoxy) is 2. The van der Waals surface area contributed by atoms with Gasteiger partial charge in [-0.1, -0.05) is 17.3 Å². The summed E-state index contributed by atoms with van der Waals surface area (Å²) in [6.07, 6.45) is 2.05. The quantitative estimate of drug-likeness (QED) is 0.885. The van der Waals surface area contributed by atoms with Crippen molar-refractivity contribution in [2.24, 2.45) is 0 Å². The van der Waals surface area contributed by atoms with Crippen LogP contribution in [0.5, 0.6) is 0 Å². The second kappa shape index (κ2) is 7.34. The standard InChI is InChI=1S/C16H17FN2O4/c17-13-6-2-1-5-12(13)14-8-16(23-19-14)18-15(20)10-21-9-11-4-3-7-22-11/h1-2,5-6,8,11H,3-4,7,9-10H2,(H,18,20)/t11-/m1/s1. The van der Waals surface area contributed by atoms with Crippen molar-refractivity contribution in [3.05, 3.63) is 36.1 Å². The highest BCUT2D eigenvalue weighted by Crippen LogP contribution is 2.24. The molecule has 2 aromatic rings. The first kappa shape index (κ1) is 15.6. The van der Waals surface area contributed by atoms with E-state index in [1.807, 2.05) is 0 Å². The summed E-state index contributed by atoms with van der Waals surface area (Å²) in [4.78, 5) is 11.8.